The molecule has 1 aromatic rings. The van der Waals surface area contributed by atoms with E-state index in [4.69, 9.17) is 5.73 Å². The quantitative estimate of drug-likeness (QED) is 0.804. The zero-order chi connectivity index (χ0) is 11.4. The van der Waals surface area contributed by atoms with Crippen molar-refractivity contribution in [1.29, 1.82) is 0 Å². The second kappa shape index (κ2) is 5.07. The van der Waals surface area contributed by atoms with Crippen LogP contribution in [-0.4, -0.2) is 34.9 Å². The van der Waals surface area contributed by atoms with Crippen LogP contribution < -0.4 is 5.73 Å². The van der Waals surface area contributed by atoms with Crippen LogP contribution >= 0.6 is 0 Å². The Bertz CT molecular complexity index is 349. The fourth-order valence-electron chi connectivity index (χ4n) is 1.73. The summed E-state index contributed by atoms with van der Waals surface area (Å²) >= 11 is 0. The monoisotopic (exact) mass is 219 g/mol. The summed E-state index contributed by atoms with van der Waals surface area (Å²) in [5.41, 5.74) is 6.02. The average molecular weight is 219 g/mol. The Kier molecular flexibility index (Phi) is 3.51. The van der Waals surface area contributed by atoms with Crippen molar-refractivity contribution in [2.75, 3.05) is 13.1 Å². The van der Waals surface area contributed by atoms with Gasteiger partial charge in [0, 0.05) is 18.8 Å². The summed E-state index contributed by atoms with van der Waals surface area (Å²) in [5.74, 6) is 0.0385. The first-order chi connectivity index (χ1) is 7.83. The highest BCUT2D eigenvalue weighted by atomic mass is 16.2. The van der Waals surface area contributed by atoms with Gasteiger partial charge >= 0.3 is 0 Å². The fourth-order valence-corrected chi connectivity index (χ4v) is 1.73. The van der Waals surface area contributed by atoms with E-state index in [2.05, 4.69) is 4.98 Å². The summed E-state index contributed by atoms with van der Waals surface area (Å²) in [4.78, 5) is 18.2. The van der Waals surface area contributed by atoms with Crippen molar-refractivity contribution in [3.63, 3.8) is 0 Å². The number of pyridine rings is 1. The van der Waals surface area contributed by atoms with E-state index in [1.165, 1.54) is 0 Å². The van der Waals surface area contributed by atoms with Crippen LogP contribution in [0, 0.1) is 0 Å². The summed E-state index contributed by atoms with van der Waals surface area (Å²) in [6, 6.07) is 5.84. The summed E-state index contributed by atoms with van der Waals surface area (Å²) in [5, 5.41) is 0. The van der Waals surface area contributed by atoms with Crippen LogP contribution in [0.3, 0.4) is 0 Å². The molecule has 0 bridgehead atoms. The number of hydrogen-bond acceptors (Lipinski definition) is 3. The molecule has 4 heteroatoms. The molecule has 16 heavy (non-hydrogen) atoms. The molecule has 0 aliphatic heterocycles. The van der Waals surface area contributed by atoms with Crippen molar-refractivity contribution in [3.05, 3.63) is 30.1 Å². The van der Waals surface area contributed by atoms with Crippen LogP contribution in [-0.2, 0) is 0 Å². The zero-order valence-corrected chi connectivity index (χ0v) is 9.30. The van der Waals surface area contributed by atoms with E-state index in [0.717, 1.165) is 25.8 Å². The Balaban J connectivity index is 2.05. The lowest BCUT2D eigenvalue weighted by Gasteiger charge is -2.21. The summed E-state index contributed by atoms with van der Waals surface area (Å²) in [6.07, 6.45) is 4.74. The molecular weight excluding hydrogens is 202 g/mol. The van der Waals surface area contributed by atoms with E-state index in [1.807, 2.05) is 17.0 Å². The van der Waals surface area contributed by atoms with Gasteiger partial charge < -0.3 is 10.6 Å². The van der Waals surface area contributed by atoms with Gasteiger partial charge in [-0.2, -0.15) is 0 Å². The van der Waals surface area contributed by atoms with Gasteiger partial charge in [0.2, 0.25) is 0 Å². The minimum atomic E-state index is 0.0385. The lowest BCUT2D eigenvalue weighted by molar-refractivity contribution is 0.0736. The van der Waals surface area contributed by atoms with Crippen LogP contribution in [0.4, 0.5) is 0 Å². The molecule has 2 rings (SSSR count). The summed E-state index contributed by atoms with van der Waals surface area (Å²) < 4.78 is 0. The number of carbonyl (C=O) groups excluding carboxylic acids is 1. The van der Waals surface area contributed by atoms with Crippen molar-refractivity contribution >= 4 is 5.91 Å². The number of rotatable bonds is 5. The Morgan fingerprint density at radius 1 is 1.50 bits per heavy atom. The Labute approximate surface area is 95.5 Å². The largest absolute Gasteiger partial charge is 0.334 e. The molecule has 86 valence electrons. The average Bonchev–Trinajstić information content (AvgIpc) is 3.15. The lowest BCUT2D eigenvalue weighted by Crippen LogP contribution is -2.35. The minimum absolute atomic E-state index is 0.0385. The number of nitrogens with zero attached hydrogens (tertiary/aromatic N) is 2. The highest BCUT2D eigenvalue weighted by Crippen LogP contribution is 2.27. The first-order valence-electron chi connectivity index (χ1n) is 5.75. The van der Waals surface area contributed by atoms with Gasteiger partial charge in [-0.3, -0.25) is 9.78 Å². The number of nitrogens with two attached hydrogens (primary N) is 1. The molecule has 1 aromatic heterocycles. The van der Waals surface area contributed by atoms with Gasteiger partial charge in [-0.25, -0.2) is 0 Å². The molecule has 1 aliphatic rings. The third-order valence-electron chi connectivity index (χ3n) is 2.74. The van der Waals surface area contributed by atoms with Gasteiger partial charge in [0.1, 0.15) is 5.69 Å². The number of amides is 1. The van der Waals surface area contributed by atoms with Crippen LogP contribution in [0.2, 0.25) is 0 Å². The second-order valence-electron chi connectivity index (χ2n) is 4.09. The molecule has 1 aliphatic carbocycles. The standard InChI is InChI=1S/C12H17N3O/c13-7-3-9-15(10-5-6-10)12(16)11-4-1-2-8-14-11/h1-2,4,8,10H,3,5-7,9,13H2. The molecule has 4 nitrogen and oxygen atoms in total. The van der Waals surface area contributed by atoms with Gasteiger partial charge in [-0.1, -0.05) is 6.07 Å². The highest BCUT2D eigenvalue weighted by molar-refractivity contribution is 5.92. The Morgan fingerprint density at radius 3 is 2.88 bits per heavy atom. The molecule has 0 saturated heterocycles. The molecule has 1 heterocycles. The molecule has 0 atom stereocenters. The normalized spacial score (nSPS) is 14.8. The zero-order valence-electron chi connectivity index (χ0n) is 9.30. The van der Waals surface area contributed by atoms with Gasteiger partial charge in [0.05, 0.1) is 0 Å². The van der Waals surface area contributed by atoms with Gasteiger partial charge in [0.25, 0.3) is 5.91 Å². The first-order valence-corrected chi connectivity index (χ1v) is 5.75. The van der Waals surface area contributed by atoms with E-state index in [1.54, 1.807) is 12.3 Å². The van der Waals surface area contributed by atoms with Gasteiger partial charge in [0.15, 0.2) is 0 Å². The van der Waals surface area contributed by atoms with Crippen molar-refractivity contribution in [1.82, 2.24) is 9.88 Å². The number of carbonyl (C=O) groups is 1. The molecule has 1 amide bonds. The Hall–Kier alpha value is -1.42. The van der Waals surface area contributed by atoms with E-state index < -0.39 is 0 Å². The van der Waals surface area contributed by atoms with Gasteiger partial charge in [-0.15, -0.1) is 0 Å². The van der Waals surface area contributed by atoms with Crippen molar-refractivity contribution < 1.29 is 4.79 Å². The summed E-state index contributed by atoms with van der Waals surface area (Å²) in [6.45, 7) is 1.37. The number of aromatic nitrogens is 1. The molecule has 0 radical (unpaired) electrons. The van der Waals surface area contributed by atoms with E-state index in [0.29, 0.717) is 18.3 Å². The molecular formula is C12H17N3O. The molecule has 1 saturated carbocycles. The van der Waals surface area contributed by atoms with Crippen molar-refractivity contribution in [2.24, 2.45) is 5.73 Å². The lowest BCUT2D eigenvalue weighted by atomic mass is 10.3. The van der Waals surface area contributed by atoms with E-state index >= 15 is 0 Å². The van der Waals surface area contributed by atoms with Crippen molar-refractivity contribution in [3.8, 4) is 0 Å². The third kappa shape index (κ3) is 2.58. The maximum absolute atomic E-state index is 12.2. The second-order valence-corrected chi connectivity index (χ2v) is 4.09. The number of hydrogen-bond donors (Lipinski definition) is 1. The van der Waals surface area contributed by atoms with E-state index in [-0.39, 0.29) is 5.91 Å². The highest BCUT2D eigenvalue weighted by Gasteiger charge is 2.32. The van der Waals surface area contributed by atoms with E-state index in [9.17, 15) is 4.79 Å². The third-order valence-corrected chi connectivity index (χ3v) is 2.74. The molecule has 2 N–H and O–H groups in total. The first kappa shape index (κ1) is 11.1. The molecule has 0 unspecified atom stereocenters. The SMILES string of the molecule is NCCCN(C(=O)c1ccccn1)C1CC1. The van der Waals surface area contributed by atoms with Crippen LogP contribution in [0.1, 0.15) is 29.8 Å². The predicted octanol–water partition coefficient (Wildman–Crippen LogP) is 1.03. The van der Waals surface area contributed by atoms with Crippen LogP contribution in [0.25, 0.3) is 0 Å². The Morgan fingerprint density at radius 2 is 2.31 bits per heavy atom. The smallest absolute Gasteiger partial charge is 0.272 e. The van der Waals surface area contributed by atoms with Crippen molar-refractivity contribution in [2.45, 2.75) is 25.3 Å². The van der Waals surface area contributed by atoms with Crippen LogP contribution in [0.15, 0.2) is 24.4 Å². The topological polar surface area (TPSA) is 59.2 Å². The molecule has 1 fully saturated rings. The van der Waals surface area contributed by atoms with Crippen LogP contribution in [0.5, 0.6) is 0 Å². The molecule has 0 spiro atoms. The predicted molar refractivity (Wildman–Crippen MR) is 62.0 cm³/mol. The fraction of sp³-hybridized carbons (Fsp3) is 0.500. The maximum atomic E-state index is 12.2. The summed E-state index contributed by atoms with van der Waals surface area (Å²) in [7, 11) is 0. The minimum Gasteiger partial charge on any atom is -0.334 e. The van der Waals surface area contributed by atoms with Gasteiger partial charge in [-0.05, 0) is 37.9 Å². The molecule has 0 aromatic carbocycles. The maximum Gasteiger partial charge on any atom is 0.272 e.